The number of rotatable bonds is 5. The zero-order valence-electron chi connectivity index (χ0n) is 24.3. The van der Waals surface area contributed by atoms with E-state index in [9.17, 15) is 19.5 Å². The summed E-state index contributed by atoms with van der Waals surface area (Å²) in [6.07, 6.45) is 2.51. The Bertz CT molecular complexity index is 1750. The average molecular weight is 611 g/mol. The molecule has 0 bridgehead atoms. The molecule has 2 saturated heterocycles. The highest BCUT2D eigenvalue weighted by Gasteiger charge is 2.70. The van der Waals surface area contributed by atoms with Gasteiger partial charge in [-0.15, -0.1) is 0 Å². The average Bonchev–Trinajstić information content (AvgIpc) is 3.41. The van der Waals surface area contributed by atoms with E-state index >= 15 is 4.79 Å². The Morgan fingerprint density at radius 1 is 0.932 bits per heavy atom. The maximum absolute atomic E-state index is 15.1. The summed E-state index contributed by atoms with van der Waals surface area (Å²) in [5.74, 6) is -4.26. The van der Waals surface area contributed by atoms with Gasteiger partial charge < -0.3 is 9.84 Å². The predicted molar refractivity (Wildman–Crippen MR) is 163 cm³/mol. The zero-order chi connectivity index (χ0) is 30.9. The summed E-state index contributed by atoms with van der Waals surface area (Å²) in [5.41, 5.74) is 0.790. The summed E-state index contributed by atoms with van der Waals surface area (Å²) >= 11 is 6.34. The topological polar surface area (TPSA) is 104 Å². The van der Waals surface area contributed by atoms with Crippen molar-refractivity contribution in [3.63, 3.8) is 0 Å². The van der Waals surface area contributed by atoms with Crippen molar-refractivity contribution in [2.24, 2.45) is 23.7 Å². The molecule has 224 valence electrons. The molecule has 44 heavy (non-hydrogen) atoms. The van der Waals surface area contributed by atoms with Gasteiger partial charge in [0.05, 0.1) is 36.0 Å². The number of allylic oxidation sites excluding steroid dienone is 2. The van der Waals surface area contributed by atoms with Gasteiger partial charge >= 0.3 is 0 Å². The Labute approximate surface area is 259 Å². The van der Waals surface area contributed by atoms with Crippen molar-refractivity contribution in [1.82, 2.24) is 4.90 Å². The monoisotopic (exact) mass is 610 g/mol. The van der Waals surface area contributed by atoms with E-state index in [1.807, 2.05) is 36.4 Å². The maximum atomic E-state index is 15.1. The van der Waals surface area contributed by atoms with E-state index in [2.05, 4.69) is 0 Å². The third-order valence-electron chi connectivity index (χ3n) is 10.1. The molecule has 2 aliphatic carbocycles. The van der Waals surface area contributed by atoms with E-state index in [1.165, 1.54) is 23.0 Å². The van der Waals surface area contributed by atoms with E-state index in [1.54, 1.807) is 43.3 Å². The summed E-state index contributed by atoms with van der Waals surface area (Å²) in [6, 6.07) is 20.8. The van der Waals surface area contributed by atoms with Crippen LogP contribution >= 0.6 is 11.6 Å². The van der Waals surface area contributed by atoms with Crippen molar-refractivity contribution in [1.29, 1.82) is 0 Å². The van der Waals surface area contributed by atoms with Crippen molar-refractivity contribution >= 4 is 40.9 Å². The van der Waals surface area contributed by atoms with E-state index in [0.29, 0.717) is 34.0 Å². The molecule has 0 aromatic heterocycles. The number of nitrogens with zero attached hydrogens (tertiary/aromatic N) is 2. The minimum atomic E-state index is -1.45. The summed E-state index contributed by atoms with van der Waals surface area (Å²) in [7, 11) is 1.50. The van der Waals surface area contributed by atoms with Crippen molar-refractivity contribution in [2.45, 2.75) is 31.1 Å². The van der Waals surface area contributed by atoms with Crippen LogP contribution in [0.2, 0.25) is 5.02 Å². The van der Waals surface area contributed by atoms with Crippen LogP contribution in [0.25, 0.3) is 0 Å². The second-order valence-electron chi connectivity index (χ2n) is 11.9. The molecule has 0 radical (unpaired) electrons. The lowest BCUT2D eigenvalue weighted by molar-refractivity contribution is -0.140. The van der Waals surface area contributed by atoms with E-state index in [4.69, 9.17) is 16.3 Å². The number of likely N-dealkylation sites (tertiary alicyclic amines) is 1. The first-order chi connectivity index (χ1) is 21.2. The quantitative estimate of drug-likeness (QED) is 0.313. The van der Waals surface area contributed by atoms with E-state index in [0.717, 1.165) is 5.57 Å². The Hall–Kier alpha value is -4.43. The smallest absolute Gasteiger partial charge is 0.246 e. The number of hydrogen-bond donors (Lipinski definition) is 1. The normalized spacial score (nSPS) is 29.3. The fraction of sp³-hybridized carbons (Fsp3) is 0.314. The summed E-state index contributed by atoms with van der Waals surface area (Å²) in [5, 5.41) is 11.9. The van der Waals surface area contributed by atoms with Gasteiger partial charge in [0.15, 0.2) is 0 Å². The minimum absolute atomic E-state index is 0.0856. The predicted octanol–water partition coefficient (Wildman–Crippen LogP) is 5.24. The van der Waals surface area contributed by atoms with Crippen LogP contribution in [-0.2, 0) is 24.6 Å². The van der Waals surface area contributed by atoms with Crippen LogP contribution in [0.4, 0.5) is 5.69 Å². The van der Waals surface area contributed by atoms with Crippen LogP contribution in [-0.4, -0.2) is 47.3 Å². The molecule has 8 nitrogen and oxygen atoms in total. The molecule has 4 amide bonds. The van der Waals surface area contributed by atoms with E-state index < -0.39 is 46.8 Å². The molecule has 9 heteroatoms. The van der Waals surface area contributed by atoms with E-state index in [-0.39, 0.29) is 30.5 Å². The van der Waals surface area contributed by atoms with Gasteiger partial charge in [-0.05, 0) is 55.5 Å². The van der Waals surface area contributed by atoms with Gasteiger partial charge in [-0.2, -0.15) is 0 Å². The molecule has 1 N–H and O–H groups in total. The molecule has 6 atom stereocenters. The first-order valence-corrected chi connectivity index (χ1v) is 15.2. The zero-order valence-corrected chi connectivity index (χ0v) is 25.0. The molecule has 3 fully saturated rings. The van der Waals surface area contributed by atoms with Crippen LogP contribution in [0.15, 0.2) is 84.4 Å². The number of benzene rings is 3. The number of fused-ring (bicyclic) bond motifs is 4. The molecule has 0 spiro atoms. The van der Waals surface area contributed by atoms with Gasteiger partial charge in [-0.1, -0.05) is 65.7 Å². The van der Waals surface area contributed by atoms with Crippen molar-refractivity contribution in [3.8, 4) is 11.5 Å². The molecule has 3 aromatic rings. The van der Waals surface area contributed by atoms with Gasteiger partial charge in [0, 0.05) is 29.1 Å². The number of aromatic hydroxyl groups is 1. The molecule has 7 rings (SSSR count). The van der Waals surface area contributed by atoms with Crippen LogP contribution in [0.1, 0.15) is 36.8 Å². The van der Waals surface area contributed by atoms with Gasteiger partial charge in [0.25, 0.3) is 0 Å². The number of imide groups is 2. The highest BCUT2D eigenvalue weighted by molar-refractivity contribution is 6.32. The number of halogens is 1. The highest BCUT2D eigenvalue weighted by atomic mass is 35.5. The molecular weight excluding hydrogens is 580 g/mol. The molecule has 3 aromatic carbocycles. The minimum Gasteiger partial charge on any atom is -0.508 e. The highest BCUT2D eigenvalue weighted by Crippen LogP contribution is 2.65. The second-order valence-corrected chi connectivity index (χ2v) is 12.4. The molecule has 2 heterocycles. The fourth-order valence-corrected chi connectivity index (χ4v) is 8.54. The number of phenolic OH excluding ortho intramolecular Hbond substituents is 1. The Morgan fingerprint density at radius 2 is 1.70 bits per heavy atom. The molecule has 4 aliphatic rings. The first kappa shape index (κ1) is 28.3. The lowest BCUT2D eigenvalue weighted by Gasteiger charge is -2.50. The number of phenols is 1. The first-order valence-electron chi connectivity index (χ1n) is 14.9. The van der Waals surface area contributed by atoms with Crippen LogP contribution in [0.5, 0.6) is 11.5 Å². The number of amides is 4. The van der Waals surface area contributed by atoms with Crippen LogP contribution < -0.4 is 9.64 Å². The van der Waals surface area contributed by atoms with Crippen molar-refractivity contribution in [2.75, 3.05) is 18.6 Å². The SMILES string of the molecule is CCN1C(=O)C2CC=C3C(CC4C(=O)N(c5cccc(Cl)c5)C(=O)C4(c4ccccc4)C3c3ccc(OC)cc3O)C2C1=O. The van der Waals surface area contributed by atoms with Gasteiger partial charge in [0.2, 0.25) is 23.6 Å². The number of anilines is 1. The molecule has 1 saturated carbocycles. The maximum Gasteiger partial charge on any atom is 0.246 e. The van der Waals surface area contributed by atoms with Gasteiger partial charge in [-0.3, -0.25) is 24.1 Å². The summed E-state index contributed by atoms with van der Waals surface area (Å²) in [6.45, 7) is 2.05. The van der Waals surface area contributed by atoms with Gasteiger partial charge in [0.1, 0.15) is 11.5 Å². The second kappa shape index (κ2) is 10.3. The number of ether oxygens (including phenoxy) is 1. The summed E-state index contributed by atoms with van der Waals surface area (Å²) < 4.78 is 5.37. The van der Waals surface area contributed by atoms with Gasteiger partial charge in [-0.25, -0.2) is 4.90 Å². The fourth-order valence-electron chi connectivity index (χ4n) is 8.36. The van der Waals surface area contributed by atoms with Crippen molar-refractivity contribution < 1.29 is 29.0 Å². The number of hydrogen-bond acceptors (Lipinski definition) is 6. The molecular formula is C35H31ClN2O6. The summed E-state index contributed by atoms with van der Waals surface area (Å²) in [4.78, 5) is 59.4. The van der Waals surface area contributed by atoms with Crippen LogP contribution in [0, 0.1) is 23.7 Å². The third kappa shape index (κ3) is 3.76. The lowest BCUT2D eigenvalue weighted by atomic mass is 9.49. The molecule has 2 aliphatic heterocycles. The number of carbonyl (C=O) groups excluding carboxylic acids is 4. The van der Waals surface area contributed by atoms with Crippen LogP contribution in [0.3, 0.4) is 0 Å². The Kier molecular flexibility index (Phi) is 6.66. The Morgan fingerprint density at radius 3 is 2.39 bits per heavy atom. The Balaban J connectivity index is 1.52. The van der Waals surface area contributed by atoms with Crippen molar-refractivity contribution in [3.05, 3.63) is 101 Å². The standard InChI is InChI=1S/C35H31ClN2O6/c1-3-37-31(40)25-15-14-23-26(29(25)33(37)42)18-27-32(41)38(21-11-7-10-20(36)16-21)34(43)35(27,19-8-5-4-6-9-19)30(23)24-13-12-22(44-2)17-28(24)39/h4-14,16-17,25-27,29-30,39H,3,15,18H2,1-2H3. The largest absolute Gasteiger partial charge is 0.508 e. The number of methoxy groups -OCH3 is 1. The third-order valence-corrected chi connectivity index (χ3v) is 10.4. The lowest BCUT2D eigenvalue weighted by Crippen LogP contribution is -2.53. The number of carbonyl (C=O) groups is 4. The molecule has 6 unspecified atom stereocenters.